The number of carbonyl (C=O) groups is 1. The monoisotopic (exact) mass is 291 g/mol. The molecule has 1 aliphatic rings. The Labute approximate surface area is 115 Å². The first kappa shape index (κ1) is 16.4. The van der Waals surface area contributed by atoms with Gasteiger partial charge in [0.05, 0.1) is 5.75 Å². The summed E-state index contributed by atoms with van der Waals surface area (Å²) in [5, 5.41) is 3.25. The third-order valence-electron chi connectivity index (χ3n) is 3.53. The Bertz CT molecular complexity index is 389. The molecule has 1 atom stereocenters. The van der Waals surface area contributed by atoms with Crippen molar-refractivity contribution in [2.45, 2.75) is 39.2 Å². The van der Waals surface area contributed by atoms with Crippen LogP contribution in [0, 0.1) is 11.8 Å². The van der Waals surface area contributed by atoms with Gasteiger partial charge in [-0.1, -0.05) is 13.8 Å². The van der Waals surface area contributed by atoms with Crippen LogP contribution < -0.4 is 15.8 Å². The van der Waals surface area contributed by atoms with E-state index >= 15 is 0 Å². The lowest BCUT2D eigenvalue weighted by molar-refractivity contribution is -0.120. The van der Waals surface area contributed by atoms with E-state index in [9.17, 15) is 13.2 Å². The fraction of sp³-hybridized carbons (Fsp3) is 0.917. The molecule has 4 N–H and O–H groups in total. The number of amides is 1. The maximum Gasteiger partial charge on any atom is 0.235 e. The number of hydrogen-bond donors (Lipinski definition) is 3. The predicted octanol–water partition coefficient (Wildman–Crippen LogP) is -0.195. The summed E-state index contributed by atoms with van der Waals surface area (Å²) in [5.74, 6) is -0.260. The quantitative estimate of drug-likeness (QED) is 0.605. The zero-order chi connectivity index (χ0) is 14.5. The van der Waals surface area contributed by atoms with Crippen molar-refractivity contribution in [2.75, 3.05) is 18.8 Å². The van der Waals surface area contributed by atoms with Crippen LogP contribution in [0.3, 0.4) is 0 Å². The molecule has 6 nitrogen and oxygen atoms in total. The largest absolute Gasteiger partial charge is 0.368 e. The van der Waals surface area contributed by atoms with Gasteiger partial charge >= 0.3 is 0 Å². The maximum absolute atomic E-state index is 12.0. The van der Waals surface area contributed by atoms with Crippen LogP contribution in [0.2, 0.25) is 0 Å². The number of hydrogen-bond acceptors (Lipinski definition) is 4. The van der Waals surface area contributed by atoms with E-state index in [1.807, 2.05) is 0 Å². The topological polar surface area (TPSA) is 101 Å². The van der Waals surface area contributed by atoms with Gasteiger partial charge in [-0.15, -0.1) is 0 Å². The Morgan fingerprint density at radius 3 is 2.42 bits per heavy atom. The van der Waals surface area contributed by atoms with Gasteiger partial charge in [-0.25, -0.2) is 13.1 Å². The van der Waals surface area contributed by atoms with Crippen molar-refractivity contribution in [3.63, 3.8) is 0 Å². The van der Waals surface area contributed by atoms with Crippen molar-refractivity contribution >= 4 is 15.9 Å². The summed E-state index contributed by atoms with van der Waals surface area (Å²) in [4.78, 5) is 11.2. The van der Waals surface area contributed by atoms with Crippen molar-refractivity contribution in [3.05, 3.63) is 0 Å². The van der Waals surface area contributed by atoms with Gasteiger partial charge in [-0.3, -0.25) is 4.79 Å². The summed E-state index contributed by atoms with van der Waals surface area (Å²) < 4.78 is 26.3. The van der Waals surface area contributed by atoms with Gasteiger partial charge in [-0.2, -0.15) is 0 Å². The van der Waals surface area contributed by atoms with Crippen LogP contribution >= 0.6 is 0 Å². The van der Waals surface area contributed by atoms with Gasteiger partial charge in [0.25, 0.3) is 0 Å². The van der Waals surface area contributed by atoms with Gasteiger partial charge < -0.3 is 11.1 Å². The molecule has 19 heavy (non-hydrogen) atoms. The van der Waals surface area contributed by atoms with Crippen LogP contribution in [0.15, 0.2) is 0 Å². The van der Waals surface area contributed by atoms with E-state index in [-0.39, 0.29) is 11.7 Å². The van der Waals surface area contributed by atoms with Gasteiger partial charge in [0, 0.05) is 0 Å². The molecule has 0 aromatic rings. The molecule has 0 aliphatic carbocycles. The molecule has 0 saturated carbocycles. The minimum Gasteiger partial charge on any atom is -0.368 e. The van der Waals surface area contributed by atoms with Crippen LogP contribution in [0.4, 0.5) is 0 Å². The molecule has 112 valence electrons. The molecule has 0 aromatic heterocycles. The smallest absolute Gasteiger partial charge is 0.235 e. The summed E-state index contributed by atoms with van der Waals surface area (Å²) in [6.07, 6.45) is 2.67. The Morgan fingerprint density at radius 2 is 1.95 bits per heavy atom. The number of carbonyl (C=O) groups excluding carboxylic acids is 1. The summed E-state index contributed by atoms with van der Waals surface area (Å²) in [5.41, 5.74) is 5.21. The molecule has 1 saturated heterocycles. The molecule has 1 unspecified atom stereocenters. The minimum absolute atomic E-state index is 0.0637. The standard InChI is InChI=1S/C12H25N3O3S/c1-9(2)11(12(13)16)15-19(17,18)8-5-10-3-6-14-7-4-10/h9-11,14-15H,3-8H2,1-2H3,(H2,13,16). The highest BCUT2D eigenvalue weighted by atomic mass is 32.2. The van der Waals surface area contributed by atoms with E-state index in [1.165, 1.54) is 0 Å². The lowest BCUT2D eigenvalue weighted by Crippen LogP contribution is -2.48. The van der Waals surface area contributed by atoms with Crippen LogP contribution in [0.1, 0.15) is 33.1 Å². The average Bonchev–Trinajstić information content (AvgIpc) is 2.34. The Balaban J connectivity index is 2.48. The van der Waals surface area contributed by atoms with E-state index < -0.39 is 22.0 Å². The first-order chi connectivity index (χ1) is 8.82. The zero-order valence-corrected chi connectivity index (χ0v) is 12.5. The van der Waals surface area contributed by atoms with E-state index in [2.05, 4.69) is 10.0 Å². The number of primary amides is 1. The minimum atomic E-state index is -3.44. The van der Waals surface area contributed by atoms with Crippen molar-refractivity contribution in [1.82, 2.24) is 10.0 Å². The number of rotatable bonds is 7. The van der Waals surface area contributed by atoms with E-state index in [4.69, 9.17) is 5.73 Å². The van der Waals surface area contributed by atoms with Crippen molar-refractivity contribution in [1.29, 1.82) is 0 Å². The molecule has 0 spiro atoms. The highest BCUT2D eigenvalue weighted by Crippen LogP contribution is 2.16. The molecular weight excluding hydrogens is 266 g/mol. The maximum atomic E-state index is 12.0. The van der Waals surface area contributed by atoms with Crippen molar-refractivity contribution in [3.8, 4) is 0 Å². The number of nitrogens with two attached hydrogens (primary N) is 1. The summed E-state index contributed by atoms with van der Waals surface area (Å²) in [6, 6.07) is -0.821. The van der Waals surface area contributed by atoms with E-state index in [0.29, 0.717) is 12.3 Å². The van der Waals surface area contributed by atoms with Crippen LogP contribution in [0.5, 0.6) is 0 Å². The zero-order valence-electron chi connectivity index (χ0n) is 11.7. The van der Waals surface area contributed by atoms with Gasteiger partial charge in [0.15, 0.2) is 0 Å². The Hall–Kier alpha value is -0.660. The number of sulfonamides is 1. The lowest BCUT2D eigenvalue weighted by Gasteiger charge is -2.23. The predicted molar refractivity (Wildman–Crippen MR) is 75.0 cm³/mol. The Morgan fingerprint density at radius 1 is 1.37 bits per heavy atom. The van der Waals surface area contributed by atoms with Crippen LogP contribution in [-0.4, -0.2) is 39.2 Å². The third-order valence-corrected chi connectivity index (χ3v) is 4.92. The fourth-order valence-corrected chi connectivity index (χ4v) is 3.80. The highest BCUT2D eigenvalue weighted by molar-refractivity contribution is 7.89. The van der Waals surface area contributed by atoms with Gasteiger partial charge in [0.1, 0.15) is 6.04 Å². The summed E-state index contributed by atoms with van der Waals surface area (Å²) in [6.45, 7) is 5.44. The first-order valence-electron chi connectivity index (χ1n) is 6.82. The highest BCUT2D eigenvalue weighted by Gasteiger charge is 2.26. The SMILES string of the molecule is CC(C)C(NS(=O)(=O)CCC1CCNCC1)C(N)=O. The normalized spacial score (nSPS) is 19.5. The van der Waals surface area contributed by atoms with Crippen molar-refractivity contribution < 1.29 is 13.2 Å². The second-order valence-electron chi connectivity index (χ2n) is 5.54. The average molecular weight is 291 g/mol. The first-order valence-corrected chi connectivity index (χ1v) is 8.47. The van der Waals surface area contributed by atoms with Crippen molar-refractivity contribution in [2.24, 2.45) is 17.6 Å². The molecule has 0 aromatic carbocycles. The van der Waals surface area contributed by atoms with E-state index in [1.54, 1.807) is 13.8 Å². The molecule has 1 rings (SSSR count). The molecule has 1 fully saturated rings. The molecular formula is C12H25N3O3S. The summed E-state index contributed by atoms with van der Waals surface area (Å²) >= 11 is 0. The molecule has 0 radical (unpaired) electrons. The lowest BCUT2D eigenvalue weighted by atomic mass is 9.96. The van der Waals surface area contributed by atoms with E-state index in [0.717, 1.165) is 25.9 Å². The fourth-order valence-electron chi connectivity index (χ4n) is 2.27. The molecule has 0 bridgehead atoms. The molecule has 1 aliphatic heterocycles. The Kier molecular flexibility index (Phi) is 6.22. The van der Waals surface area contributed by atoms with Gasteiger partial charge in [-0.05, 0) is 44.2 Å². The third kappa shape index (κ3) is 5.88. The molecule has 1 amide bonds. The van der Waals surface area contributed by atoms with Crippen LogP contribution in [0.25, 0.3) is 0 Å². The molecule has 1 heterocycles. The number of piperidine rings is 1. The second-order valence-corrected chi connectivity index (χ2v) is 7.42. The number of nitrogens with one attached hydrogen (secondary N) is 2. The van der Waals surface area contributed by atoms with Crippen LogP contribution in [-0.2, 0) is 14.8 Å². The summed E-state index contributed by atoms with van der Waals surface area (Å²) in [7, 11) is -3.44. The molecule has 7 heteroatoms. The van der Waals surface area contributed by atoms with Gasteiger partial charge in [0.2, 0.25) is 15.9 Å². The second kappa shape index (κ2) is 7.21.